The van der Waals surface area contributed by atoms with E-state index in [2.05, 4.69) is 37.9 Å². The number of hydrogen-bond acceptors (Lipinski definition) is 8. The van der Waals surface area contributed by atoms with Crippen LogP contribution in [0.5, 0.6) is 5.75 Å². The molecule has 36 heavy (non-hydrogen) atoms. The summed E-state index contributed by atoms with van der Waals surface area (Å²) in [6.45, 7) is 5.22. The number of aromatic nitrogens is 5. The van der Waals surface area contributed by atoms with E-state index in [0.29, 0.717) is 29.3 Å². The van der Waals surface area contributed by atoms with Crippen LogP contribution in [0.15, 0.2) is 47.5 Å². The van der Waals surface area contributed by atoms with Crippen molar-refractivity contribution >= 4 is 17.2 Å². The smallest absolute Gasteiger partial charge is 0.269 e. The maximum Gasteiger partial charge on any atom is 0.269 e. The van der Waals surface area contributed by atoms with Crippen molar-refractivity contribution in [2.24, 2.45) is 7.05 Å². The van der Waals surface area contributed by atoms with E-state index in [9.17, 15) is 4.79 Å². The molecule has 3 atom stereocenters. The van der Waals surface area contributed by atoms with Crippen LogP contribution in [0.2, 0.25) is 0 Å². The fourth-order valence-corrected chi connectivity index (χ4v) is 5.10. The number of nitrogens with one attached hydrogen (secondary N) is 2. The second-order valence-corrected chi connectivity index (χ2v) is 9.71. The summed E-state index contributed by atoms with van der Waals surface area (Å²) in [5.74, 6) is 2.00. The molecule has 0 aromatic carbocycles. The molecule has 4 aromatic heterocycles. The molecule has 0 radical (unpaired) electrons. The molecule has 186 valence electrons. The van der Waals surface area contributed by atoms with Gasteiger partial charge in [-0.25, -0.2) is 9.20 Å². The molecule has 0 saturated carbocycles. The van der Waals surface area contributed by atoms with Gasteiger partial charge in [-0.3, -0.25) is 9.78 Å². The highest BCUT2D eigenvalue weighted by atomic mass is 16.5. The molecule has 0 spiro atoms. The van der Waals surface area contributed by atoms with Crippen molar-refractivity contribution < 1.29 is 9.47 Å². The van der Waals surface area contributed by atoms with Crippen LogP contribution in [0.25, 0.3) is 16.6 Å². The first kappa shape index (κ1) is 22.7. The SMILES string of the molecule is Cc1cc(-c2ccn3nc(Nc4cc(C)c(=O)n(C)n4)cc3c2)c(OC2C[C@H]3COC[C@@H](C2)N3)cn1. The molecule has 2 aliphatic rings. The second-order valence-electron chi connectivity index (χ2n) is 9.71. The highest BCUT2D eigenvalue weighted by Gasteiger charge is 2.33. The van der Waals surface area contributed by atoms with Crippen LogP contribution in [0.4, 0.5) is 11.6 Å². The van der Waals surface area contributed by atoms with E-state index in [1.807, 2.05) is 36.0 Å². The third-order valence-corrected chi connectivity index (χ3v) is 6.77. The number of morpholine rings is 1. The number of aryl methyl sites for hydroxylation is 3. The largest absolute Gasteiger partial charge is 0.488 e. The van der Waals surface area contributed by atoms with E-state index in [1.54, 1.807) is 20.0 Å². The monoisotopic (exact) mass is 487 g/mol. The van der Waals surface area contributed by atoms with Crippen LogP contribution in [-0.2, 0) is 11.8 Å². The number of rotatable bonds is 5. The summed E-state index contributed by atoms with van der Waals surface area (Å²) in [6, 6.07) is 10.5. The summed E-state index contributed by atoms with van der Waals surface area (Å²) in [7, 11) is 1.64. The Morgan fingerprint density at radius 2 is 1.86 bits per heavy atom. The zero-order valence-electron chi connectivity index (χ0n) is 20.6. The molecule has 10 nitrogen and oxygen atoms in total. The zero-order chi connectivity index (χ0) is 24.8. The molecule has 2 fully saturated rings. The van der Waals surface area contributed by atoms with Crippen molar-refractivity contribution in [3.8, 4) is 16.9 Å². The Balaban J connectivity index is 1.28. The number of nitrogens with zero attached hydrogens (tertiary/aromatic N) is 5. The standard InChI is InChI=1S/C26H29N7O3/c1-15-6-24(30-32(3)26(15)34)29-25-11-20-8-17(4-5-33(20)31-25)22-7-16(2)27-12-23(22)36-21-9-18-13-35-14-19(10-21)28-18/h4-8,11-12,18-19,21,28H,9-10,13-14H2,1-3H3,(H,29,30,31)/t18-,19+,21?. The quantitative estimate of drug-likeness (QED) is 0.443. The molecule has 10 heteroatoms. The summed E-state index contributed by atoms with van der Waals surface area (Å²) >= 11 is 0. The lowest BCUT2D eigenvalue weighted by molar-refractivity contribution is -0.0122. The van der Waals surface area contributed by atoms with E-state index in [4.69, 9.17) is 9.47 Å². The van der Waals surface area contributed by atoms with Crippen molar-refractivity contribution in [2.75, 3.05) is 18.5 Å². The fraction of sp³-hybridized carbons (Fsp3) is 0.385. The van der Waals surface area contributed by atoms with E-state index in [0.717, 1.165) is 54.1 Å². The average Bonchev–Trinajstić information content (AvgIpc) is 3.25. The Morgan fingerprint density at radius 3 is 2.64 bits per heavy atom. The maximum atomic E-state index is 11.9. The lowest BCUT2D eigenvalue weighted by atomic mass is 9.94. The zero-order valence-corrected chi connectivity index (χ0v) is 20.6. The van der Waals surface area contributed by atoms with Crippen molar-refractivity contribution in [2.45, 2.75) is 44.9 Å². The Labute approximate surface area is 208 Å². The summed E-state index contributed by atoms with van der Waals surface area (Å²) < 4.78 is 15.3. The highest BCUT2D eigenvalue weighted by Crippen LogP contribution is 2.34. The second kappa shape index (κ2) is 9.03. The van der Waals surface area contributed by atoms with E-state index in [1.165, 1.54) is 4.68 Å². The van der Waals surface area contributed by atoms with Crippen LogP contribution in [0, 0.1) is 13.8 Å². The third-order valence-electron chi connectivity index (χ3n) is 6.77. The summed E-state index contributed by atoms with van der Waals surface area (Å²) in [5, 5.41) is 15.7. The number of fused-ring (bicyclic) bond motifs is 3. The minimum atomic E-state index is -0.119. The predicted molar refractivity (Wildman–Crippen MR) is 136 cm³/mol. The Morgan fingerprint density at radius 1 is 1.08 bits per heavy atom. The van der Waals surface area contributed by atoms with Crippen LogP contribution < -0.4 is 20.9 Å². The Kier molecular flexibility index (Phi) is 5.69. The molecule has 2 saturated heterocycles. The molecule has 6 heterocycles. The number of piperidine rings is 1. The molecule has 4 aromatic rings. The minimum Gasteiger partial charge on any atom is -0.488 e. The number of hydrogen-bond donors (Lipinski definition) is 2. The molecule has 2 aliphatic heterocycles. The molecule has 0 amide bonds. The van der Waals surface area contributed by atoms with Gasteiger partial charge in [-0.15, -0.1) is 0 Å². The van der Waals surface area contributed by atoms with Gasteiger partial charge < -0.3 is 20.1 Å². The molecular formula is C26H29N7O3. The lowest BCUT2D eigenvalue weighted by Gasteiger charge is -2.40. The van der Waals surface area contributed by atoms with Crippen LogP contribution in [0.3, 0.4) is 0 Å². The first-order chi connectivity index (χ1) is 17.4. The first-order valence-electron chi connectivity index (χ1n) is 12.2. The first-order valence-corrected chi connectivity index (χ1v) is 12.2. The van der Waals surface area contributed by atoms with Crippen LogP contribution >= 0.6 is 0 Å². The van der Waals surface area contributed by atoms with Gasteiger partial charge in [0, 0.05) is 61.1 Å². The van der Waals surface area contributed by atoms with Gasteiger partial charge in [-0.1, -0.05) is 0 Å². The lowest BCUT2D eigenvalue weighted by Crippen LogP contribution is -2.56. The predicted octanol–water partition coefficient (Wildman–Crippen LogP) is 2.75. The van der Waals surface area contributed by atoms with Gasteiger partial charge in [0.2, 0.25) is 0 Å². The topological polar surface area (TPSA) is 108 Å². The molecule has 2 N–H and O–H groups in total. The van der Waals surface area contributed by atoms with E-state index < -0.39 is 0 Å². The van der Waals surface area contributed by atoms with Gasteiger partial charge in [0.1, 0.15) is 11.9 Å². The van der Waals surface area contributed by atoms with E-state index >= 15 is 0 Å². The van der Waals surface area contributed by atoms with Crippen molar-refractivity contribution in [1.82, 2.24) is 29.7 Å². The van der Waals surface area contributed by atoms with Gasteiger partial charge in [0.05, 0.1) is 24.9 Å². The van der Waals surface area contributed by atoms with Crippen LogP contribution in [0.1, 0.15) is 24.1 Å². The minimum absolute atomic E-state index is 0.119. The van der Waals surface area contributed by atoms with Crippen LogP contribution in [-0.4, -0.2) is 55.8 Å². The van der Waals surface area contributed by atoms with Crippen molar-refractivity contribution in [3.05, 3.63) is 64.3 Å². The van der Waals surface area contributed by atoms with Gasteiger partial charge >= 0.3 is 0 Å². The number of anilines is 2. The van der Waals surface area contributed by atoms with Gasteiger partial charge in [-0.2, -0.15) is 10.2 Å². The van der Waals surface area contributed by atoms with Crippen molar-refractivity contribution in [3.63, 3.8) is 0 Å². The molecule has 1 unspecified atom stereocenters. The Bertz CT molecular complexity index is 1460. The van der Waals surface area contributed by atoms with Gasteiger partial charge in [-0.05, 0) is 43.7 Å². The number of ether oxygens (including phenoxy) is 2. The molecule has 2 bridgehead atoms. The van der Waals surface area contributed by atoms with Gasteiger partial charge in [0.15, 0.2) is 11.6 Å². The van der Waals surface area contributed by atoms with Gasteiger partial charge in [0.25, 0.3) is 5.56 Å². The molecule has 6 rings (SSSR count). The number of pyridine rings is 2. The van der Waals surface area contributed by atoms with E-state index in [-0.39, 0.29) is 11.7 Å². The summed E-state index contributed by atoms with van der Waals surface area (Å²) in [6.07, 6.45) is 5.72. The average molecular weight is 488 g/mol. The highest BCUT2D eigenvalue weighted by molar-refractivity contribution is 5.75. The summed E-state index contributed by atoms with van der Waals surface area (Å²) in [4.78, 5) is 16.5. The molecule has 0 aliphatic carbocycles. The van der Waals surface area contributed by atoms with Crippen molar-refractivity contribution in [1.29, 1.82) is 0 Å². The normalized spacial score (nSPS) is 21.5. The molecular weight excluding hydrogens is 458 g/mol. The third kappa shape index (κ3) is 4.45. The summed E-state index contributed by atoms with van der Waals surface area (Å²) in [5.41, 5.74) is 4.39. The maximum absolute atomic E-state index is 11.9. The Hall–Kier alpha value is -3.76. The fourth-order valence-electron chi connectivity index (χ4n) is 5.10.